The third-order valence-corrected chi connectivity index (χ3v) is 4.42. The molecule has 3 rings (SSSR count). The highest BCUT2D eigenvalue weighted by Gasteiger charge is 2.31. The molecule has 0 saturated carbocycles. The van der Waals surface area contributed by atoms with Crippen molar-refractivity contribution in [2.75, 3.05) is 11.9 Å². The normalized spacial score (nSPS) is 11.5. The van der Waals surface area contributed by atoms with Crippen LogP contribution in [0, 0.1) is 13.8 Å². The SMILES string of the molecule is CCOC(=O)c1cnc2cc(C(F)(F)F)ccc2c1Nc1c(C)cccc1C. The lowest BCUT2D eigenvalue weighted by molar-refractivity contribution is -0.137. The second-order valence-electron chi connectivity index (χ2n) is 6.39. The summed E-state index contributed by atoms with van der Waals surface area (Å²) in [6.07, 6.45) is -3.23. The van der Waals surface area contributed by atoms with Crippen LogP contribution in [0.25, 0.3) is 10.9 Å². The Morgan fingerprint density at radius 1 is 1.11 bits per heavy atom. The molecule has 0 amide bonds. The van der Waals surface area contributed by atoms with E-state index < -0.39 is 17.7 Å². The number of ether oxygens (including phenoxy) is 1. The number of carbonyl (C=O) groups excluding carboxylic acids is 1. The summed E-state index contributed by atoms with van der Waals surface area (Å²) < 4.78 is 44.3. The van der Waals surface area contributed by atoms with Gasteiger partial charge in [0.1, 0.15) is 5.56 Å². The van der Waals surface area contributed by atoms with E-state index in [0.29, 0.717) is 11.1 Å². The maximum absolute atomic E-state index is 13.1. The smallest absolute Gasteiger partial charge is 0.416 e. The molecule has 0 saturated heterocycles. The van der Waals surface area contributed by atoms with Gasteiger partial charge in [-0.15, -0.1) is 0 Å². The van der Waals surface area contributed by atoms with Gasteiger partial charge >= 0.3 is 12.1 Å². The zero-order chi connectivity index (χ0) is 20.5. The lowest BCUT2D eigenvalue weighted by atomic mass is 10.0. The van der Waals surface area contributed by atoms with E-state index in [9.17, 15) is 18.0 Å². The van der Waals surface area contributed by atoms with Crippen molar-refractivity contribution in [2.24, 2.45) is 0 Å². The highest BCUT2D eigenvalue weighted by Crippen LogP contribution is 2.36. The standard InChI is InChI=1S/C21H19F3N2O2/c1-4-28-20(27)16-11-25-17-10-14(21(22,23)24)8-9-15(17)19(16)26-18-12(2)6-5-7-13(18)3/h5-11H,4H2,1-3H3,(H,25,26). The molecule has 1 N–H and O–H groups in total. The Hall–Kier alpha value is -3.09. The molecule has 0 aliphatic carbocycles. The van der Waals surface area contributed by atoms with Gasteiger partial charge in [0.15, 0.2) is 0 Å². The lowest BCUT2D eigenvalue weighted by Crippen LogP contribution is -2.11. The molecule has 0 radical (unpaired) electrons. The van der Waals surface area contributed by atoms with Gasteiger partial charge in [0.2, 0.25) is 0 Å². The summed E-state index contributed by atoms with van der Waals surface area (Å²) in [5.74, 6) is -0.592. The lowest BCUT2D eigenvalue weighted by Gasteiger charge is -2.18. The molecular weight excluding hydrogens is 369 g/mol. The number of para-hydroxylation sites is 1. The minimum Gasteiger partial charge on any atom is -0.462 e. The first-order valence-corrected chi connectivity index (χ1v) is 8.72. The zero-order valence-electron chi connectivity index (χ0n) is 15.6. The molecule has 1 aromatic heterocycles. The highest BCUT2D eigenvalue weighted by molar-refractivity contribution is 6.06. The Bertz CT molecular complexity index is 1030. The maximum atomic E-state index is 13.1. The molecule has 3 aromatic rings. The molecular formula is C21H19F3N2O2. The topological polar surface area (TPSA) is 51.2 Å². The third-order valence-electron chi connectivity index (χ3n) is 4.42. The van der Waals surface area contributed by atoms with E-state index >= 15 is 0 Å². The van der Waals surface area contributed by atoms with Gasteiger partial charge < -0.3 is 10.1 Å². The molecule has 146 valence electrons. The predicted octanol–water partition coefficient (Wildman–Crippen LogP) is 5.79. The molecule has 0 spiro atoms. The fourth-order valence-corrected chi connectivity index (χ4v) is 3.00. The number of aromatic nitrogens is 1. The summed E-state index contributed by atoms with van der Waals surface area (Å²) in [4.78, 5) is 16.5. The fraction of sp³-hybridized carbons (Fsp3) is 0.238. The number of nitrogens with one attached hydrogen (secondary N) is 1. The number of hydrogen-bond donors (Lipinski definition) is 1. The number of alkyl halides is 3. The van der Waals surface area contributed by atoms with Crippen LogP contribution in [0.5, 0.6) is 0 Å². The number of halogens is 3. The number of anilines is 2. The number of aryl methyl sites for hydroxylation is 2. The Morgan fingerprint density at radius 2 is 1.79 bits per heavy atom. The number of nitrogens with zero attached hydrogens (tertiary/aromatic N) is 1. The summed E-state index contributed by atoms with van der Waals surface area (Å²) in [6, 6.07) is 9.00. The molecule has 0 unspecified atom stereocenters. The molecule has 4 nitrogen and oxygen atoms in total. The second-order valence-corrected chi connectivity index (χ2v) is 6.39. The maximum Gasteiger partial charge on any atom is 0.416 e. The van der Waals surface area contributed by atoms with Gasteiger partial charge in [-0.2, -0.15) is 13.2 Å². The van der Waals surface area contributed by atoms with Crippen molar-refractivity contribution >= 4 is 28.2 Å². The second kappa shape index (κ2) is 7.50. The average Bonchev–Trinajstić information content (AvgIpc) is 2.63. The van der Waals surface area contributed by atoms with Crippen molar-refractivity contribution in [2.45, 2.75) is 26.9 Å². The van der Waals surface area contributed by atoms with Crippen molar-refractivity contribution in [1.82, 2.24) is 4.98 Å². The van der Waals surface area contributed by atoms with Crippen molar-refractivity contribution in [3.05, 3.63) is 64.8 Å². The number of fused-ring (bicyclic) bond motifs is 1. The van der Waals surface area contributed by atoms with Crippen molar-refractivity contribution in [3.8, 4) is 0 Å². The fourth-order valence-electron chi connectivity index (χ4n) is 3.00. The van der Waals surface area contributed by atoms with Crippen LogP contribution < -0.4 is 5.32 Å². The van der Waals surface area contributed by atoms with E-state index in [0.717, 1.165) is 28.9 Å². The van der Waals surface area contributed by atoms with Crippen molar-refractivity contribution < 1.29 is 22.7 Å². The highest BCUT2D eigenvalue weighted by atomic mass is 19.4. The Morgan fingerprint density at radius 3 is 2.39 bits per heavy atom. The first-order chi connectivity index (χ1) is 13.2. The quantitative estimate of drug-likeness (QED) is 0.575. The van der Waals surface area contributed by atoms with E-state index in [1.807, 2.05) is 32.0 Å². The van der Waals surface area contributed by atoms with Gasteiger partial charge in [-0.25, -0.2) is 4.79 Å². The van der Waals surface area contributed by atoms with Gasteiger partial charge in [0.05, 0.1) is 23.4 Å². The van der Waals surface area contributed by atoms with Crippen LogP contribution in [-0.4, -0.2) is 17.6 Å². The molecule has 0 bridgehead atoms. The van der Waals surface area contributed by atoms with Crippen LogP contribution in [0.15, 0.2) is 42.6 Å². The molecule has 0 aliphatic rings. The van der Waals surface area contributed by atoms with Crippen molar-refractivity contribution in [1.29, 1.82) is 0 Å². The molecule has 28 heavy (non-hydrogen) atoms. The number of pyridine rings is 1. The van der Waals surface area contributed by atoms with E-state index in [1.165, 1.54) is 12.3 Å². The largest absolute Gasteiger partial charge is 0.462 e. The molecule has 2 aromatic carbocycles. The zero-order valence-corrected chi connectivity index (χ0v) is 15.6. The summed E-state index contributed by atoms with van der Waals surface area (Å²) >= 11 is 0. The first-order valence-electron chi connectivity index (χ1n) is 8.72. The van der Waals surface area contributed by atoms with Gasteiger partial charge in [-0.1, -0.05) is 24.3 Å². The summed E-state index contributed by atoms with van der Waals surface area (Å²) in [6.45, 7) is 5.67. The van der Waals surface area contributed by atoms with E-state index in [-0.39, 0.29) is 17.7 Å². The number of rotatable bonds is 4. The molecule has 0 atom stereocenters. The van der Waals surface area contributed by atoms with Gasteiger partial charge in [-0.3, -0.25) is 4.98 Å². The van der Waals surface area contributed by atoms with Gasteiger partial charge in [0.25, 0.3) is 0 Å². The molecule has 0 aliphatic heterocycles. The predicted molar refractivity (Wildman–Crippen MR) is 102 cm³/mol. The Balaban J connectivity index is 2.23. The Labute approximate surface area is 160 Å². The van der Waals surface area contributed by atoms with Crippen LogP contribution in [0.1, 0.15) is 34.0 Å². The molecule has 0 fully saturated rings. The Kier molecular flexibility index (Phi) is 5.27. The number of hydrogen-bond acceptors (Lipinski definition) is 4. The van der Waals surface area contributed by atoms with E-state index in [4.69, 9.17) is 4.74 Å². The van der Waals surface area contributed by atoms with Crippen molar-refractivity contribution in [3.63, 3.8) is 0 Å². The number of benzene rings is 2. The number of esters is 1. The van der Waals surface area contributed by atoms with E-state index in [1.54, 1.807) is 6.92 Å². The monoisotopic (exact) mass is 388 g/mol. The first kappa shape index (κ1) is 19.7. The third kappa shape index (κ3) is 3.78. The van der Waals surface area contributed by atoms with Crippen LogP contribution in [0.3, 0.4) is 0 Å². The van der Waals surface area contributed by atoms with Gasteiger partial charge in [0, 0.05) is 17.3 Å². The average molecular weight is 388 g/mol. The van der Waals surface area contributed by atoms with Crippen LogP contribution in [0.4, 0.5) is 24.5 Å². The van der Waals surface area contributed by atoms with Crippen LogP contribution in [-0.2, 0) is 10.9 Å². The minimum absolute atomic E-state index is 0.136. The van der Waals surface area contributed by atoms with Gasteiger partial charge in [-0.05, 0) is 44.0 Å². The van der Waals surface area contributed by atoms with Crippen LogP contribution >= 0.6 is 0 Å². The minimum atomic E-state index is -4.48. The van der Waals surface area contributed by atoms with E-state index in [2.05, 4.69) is 10.3 Å². The van der Waals surface area contributed by atoms with Crippen LogP contribution in [0.2, 0.25) is 0 Å². The number of carbonyl (C=O) groups is 1. The molecule has 1 heterocycles. The summed E-state index contributed by atoms with van der Waals surface area (Å²) in [5, 5.41) is 3.63. The summed E-state index contributed by atoms with van der Waals surface area (Å²) in [7, 11) is 0. The summed E-state index contributed by atoms with van der Waals surface area (Å²) in [5.41, 5.74) is 2.52. The molecule has 7 heteroatoms.